The summed E-state index contributed by atoms with van der Waals surface area (Å²) in [6, 6.07) is 14.3. The third-order valence-corrected chi connectivity index (χ3v) is 7.80. The van der Waals surface area contributed by atoms with Crippen LogP contribution in [-0.2, 0) is 21.2 Å². The van der Waals surface area contributed by atoms with Crippen molar-refractivity contribution < 1.29 is 27.1 Å². The normalized spacial score (nSPS) is 16.4. The van der Waals surface area contributed by atoms with Gasteiger partial charge in [-0.05, 0) is 12.1 Å². The van der Waals surface area contributed by atoms with Crippen molar-refractivity contribution in [3.8, 4) is 22.8 Å². The van der Waals surface area contributed by atoms with Crippen LogP contribution in [0.5, 0.6) is 11.5 Å². The first-order valence-corrected chi connectivity index (χ1v) is 12.6. The van der Waals surface area contributed by atoms with E-state index in [1.807, 2.05) is 30.3 Å². The summed E-state index contributed by atoms with van der Waals surface area (Å²) in [6.07, 6.45) is 2.31. The molecule has 0 radical (unpaired) electrons. The third-order valence-electron chi connectivity index (χ3n) is 5.91. The summed E-state index contributed by atoms with van der Waals surface area (Å²) < 4.78 is 44.3. The minimum Gasteiger partial charge on any atom is -0.486 e. The van der Waals surface area contributed by atoms with E-state index in [0.717, 1.165) is 5.56 Å². The molecule has 1 aromatic heterocycles. The first-order chi connectivity index (χ1) is 16.5. The van der Waals surface area contributed by atoms with Crippen LogP contribution in [0.2, 0.25) is 0 Å². The van der Waals surface area contributed by atoms with Crippen molar-refractivity contribution in [2.45, 2.75) is 17.7 Å². The van der Waals surface area contributed by atoms with Crippen LogP contribution in [0.25, 0.3) is 11.3 Å². The van der Waals surface area contributed by atoms with E-state index < -0.39 is 10.0 Å². The number of sulfonamides is 1. The van der Waals surface area contributed by atoms with Gasteiger partial charge < -0.3 is 18.8 Å². The molecule has 1 amide bonds. The van der Waals surface area contributed by atoms with Gasteiger partial charge in [0.2, 0.25) is 15.9 Å². The Morgan fingerprint density at radius 3 is 2.44 bits per heavy atom. The Labute approximate surface area is 198 Å². The standard InChI is InChI=1S/C24H25N3O6S/c28-24(9-8-23-25-17-22(33-23)18-4-2-1-3-5-18)26-10-12-27(13-11-26)34(29,30)19-6-7-20-21(16-19)32-15-14-31-20/h1-7,16-17H,8-15H2. The summed E-state index contributed by atoms with van der Waals surface area (Å²) in [7, 11) is -3.69. The highest BCUT2D eigenvalue weighted by Crippen LogP contribution is 2.33. The zero-order valence-corrected chi connectivity index (χ0v) is 19.4. The van der Waals surface area contributed by atoms with Gasteiger partial charge in [0.15, 0.2) is 23.1 Å². The van der Waals surface area contributed by atoms with Crippen LogP contribution in [0.4, 0.5) is 0 Å². The minimum atomic E-state index is -3.69. The molecule has 178 valence electrons. The molecule has 9 nitrogen and oxygen atoms in total. The average molecular weight is 484 g/mol. The third kappa shape index (κ3) is 4.64. The minimum absolute atomic E-state index is 0.0455. The molecule has 0 bridgehead atoms. The van der Waals surface area contributed by atoms with Gasteiger partial charge in [0.1, 0.15) is 13.2 Å². The molecule has 1 saturated heterocycles. The van der Waals surface area contributed by atoms with E-state index in [9.17, 15) is 13.2 Å². The first kappa shape index (κ1) is 22.4. The summed E-state index contributed by atoms with van der Waals surface area (Å²) >= 11 is 0. The van der Waals surface area contributed by atoms with E-state index in [2.05, 4.69) is 4.98 Å². The molecule has 3 aromatic rings. The number of hydrogen-bond donors (Lipinski definition) is 0. The second-order valence-corrected chi connectivity index (χ2v) is 10.0. The first-order valence-electron chi connectivity index (χ1n) is 11.2. The molecule has 2 aliphatic heterocycles. The smallest absolute Gasteiger partial charge is 0.243 e. The maximum Gasteiger partial charge on any atom is 0.243 e. The molecular weight excluding hydrogens is 458 g/mol. The number of amides is 1. The number of ether oxygens (including phenoxy) is 2. The second kappa shape index (κ2) is 9.47. The van der Waals surface area contributed by atoms with Crippen molar-refractivity contribution in [2.75, 3.05) is 39.4 Å². The molecule has 1 fully saturated rings. The van der Waals surface area contributed by atoms with Gasteiger partial charge in [-0.2, -0.15) is 4.31 Å². The molecule has 0 atom stereocenters. The van der Waals surface area contributed by atoms with Gasteiger partial charge in [-0.3, -0.25) is 4.79 Å². The summed E-state index contributed by atoms with van der Waals surface area (Å²) in [5.74, 6) is 2.11. The lowest BCUT2D eigenvalue weighted by atomic mass is 10.2. The number of piperazine rings is 1. The Hall–Kier alpha value is -3.37. The molecule has 0 spiro atoms. The van der Waals surface area contributed by atoms with Crippen LogP contribution in [0.3, 0.4) is 0 Å². The molecule has 2 aliphatic rings. The largest absolute Gasteiger partial charge is 0.486 e. The number of fused-ring (bicyclic) bond motifs is 1. The predicted molar refractivity (Wildman–Crippen MR) is 123 cm³/mol. The zero-order chi connectivity index (χ0) is 23.5. The molecule has 0 saturated carbocycles. The maximum atomic E-state index is 13.1. The number of hydrogen-bond acceptors (Lipinski definition) is 7. The lowest BCUT2D eigenvalue weighted by molar-refractivity contribution is -0.132. The summed E-state index contributed by atoms with van der Waals surface area (Å²) in [5, 5.41) is 0. The van der Waals surface area contributed by atoms with Gasteiger partial charge in [-0.25, -0.2) is 13.4 Å². The number of benzene rings is 2. The average Bonchev–Trinajstić information content (AvgIpc) is 3.37. The van der Waals surface area contributed by atoms with E-state index in [1.165, 1.54) is 16.4 Å². The molecular formula is C24H25N3O6S. The highest BCUT2D eigenvalue weighted by atomic mass is 32.2. The second-order valence-electron chi connectivity index (χ2n) is 8.07. The number of carbonyl (C=O) groups is 1. The number of oxazole rings is 1. The van der Waals surface area contributed by atoms with E-state index in [-0.39, 0.29) is 30.3 Å². The Morgan fingerprint density at radius 2 is 1.68 bits per heavy atom. The van der Waals surface area contributed by atoms with Crippen LogP contribution < -0.4 is 9.47 Å². The van der Waals surface area contributed by atoms with Crippen molar-refractivity contribution in [3.63, 3.8) is 0 Å². The maximum absolute atomic E-state index is 13.1. The molecule has 5 rings (SSSR count). The van der Waals surface area contributed by atoms with Crippen LogP contribution in [-0.4, -0.2) is 67.9 Å². The van der Waals surface area contributed by atoms with Crippen LogP contribution >= 0.6 is 0 Å². The van der Waals surface area contributed by atoms with Crippen LogP contribution in [0, 0.1) is 0 Å². The number of aryl methyl sites for hydroxylation is 1. The monoisotopic (exact) mass is 483 g/mol. The van der Waals surface area contributed by atoms with Crippen LogP contribution in [0.15, 0.2) is 64.0 Å². The van der Waals surface area contributed by atoms with Gasteiger partial charge >= 0.3 is 0 Å². The van der Waals surface area contributed by atoms with Crippen molar-refractivity contribution in [2.24, 2.45) is 0 Å². The predicted octanol–water partition coefficient (Wildman–Crippen LogP) is 2.58. The Balaban J connectivity index is 1.15. The van der Waals surface area contributed by atoms with Crippen molar-refractivity contribution >= 4 is 15.9 Å². The number of aromatic nitrogens is 1. The molecule has 10 heteroatoms. The molecule has 34 heavy (non-hydrogen) atoms. The quantitative estimate of drug-likeness (QED) is 0.531. The van der Waals surface area contributed by atoms with E-state index >= 15 is 0 Å². The highest BCUT2D eigenvalue weighted by Gasteiger charge is 2.31. The van der Waals surface area contributed by atoms with Gasteiger partial charge in [0.05, 0.1) is 11.1 Å². The number of nitrogens with zero attached hydrogens (tertiary/aromatic N) is 3. The van der Waals surface area contributed by atoms with Gasteiger partial charge in [-0.1, -0.05) is 30.3 Å². The van der Waals surface area contributed by atoms with Crippen molar-refractivity contribution in [1.82, 2.24) is 14.2 Å². The molecule has 0 N–H and O–H groups in total. The zero-order valence-electron chi connectivity index (χ0n) is 18.6. The van der Waals surface area contributed by atoms with E-state index in [0.29, 0.717) is 55.9 Å². The molecule has 2 aromatic carbocycles. The Morgan fingerprint density at radius 1 is 0.941 bits per heavy atom. The lowest BCUT2D eigenvalue weighted by Crippen LogP contribution is -2.50. The number of carbonyl (C=O) groups excluding carboxylic acids is 1. The molecule has 0 unspecified atom stereocenters. The van der Waals surface area contributed by atoms with Crippen molar-refractivity contribution in [3.05, 3.63) is 60.6 Å². The fourth-order valence-corrected chi connectivity index (χ4v) is 5.48. The summed E-state index contributed by atoms with van der Waals surface area (Å²) in [4.78, 5) is 18.8. The Kier molecular flexibility index (Phi) is 6.25. The molecule has 3 heterocycles. The summed E-state index contributed by atoms with van der Waals surface area (Å²) in [5.41, 5.74) is 0.933. The summed E-state index contributed by atoms with van der Waals surface area (Å²) in [6.45, 7) is 1.98. The van der Waals surface area contributed by atoms with Gasteiger partial charge in [0.25, 0.3) is 0 Å². The molecule has 0 aliphatic carbocycles. The lowest BCUT2D eigenvalue weighted by Gasteiger charge is -2.34. The Bertz CT molecular complexity index is 1270. The fourth-order valence-electron chi connectivity index (χ4n) is 4.04. The highest BCUT2D eigenvalue weighted by molar-refractivity contribution is 7.89. The van der Waals surface area contributed by atoms with Gasteiger partial charge in [0, 0.05) is 50.7 Å². The van der Waals surface area contributed by atoms with Gasteiger partial charge in [-0.15, -0.1) is 0 Å². The SMILES string of the molecule is O=C(CCc1ncc(-c2ccccc2)o1)N1CCN(S(=O)(=O)c2ccc3c(c2)OCCO3)CC1. The van der Waals surface area contributed by atoms with Crippen molar-refractivity contribution in [1.29, 1.82) is 0 Å². The van der Waals surface area contributed by atoms with Crippen LogP contribution in [0.1, 0.15) is 12.3 Å². The van der Waals surface area contributed by atoms with E-state index in [1.54, 1.807) is 17.2 Å². The topological polar surface area (TPSA) is 102 Å². The van der Waals surface area contributed by atoms with E-state index in [4.69, 9.17) is 13.9 Å². The fraction of sp³-hybridized carbons (Fsp3) is 0.333. The number of rotatable bonds is 6.